The fourth-order valence-corrected chi connectivity index (χ4v) is 2.69. The molecule has 0 aliphatic heterocycles. The molecule has 3 rings (SSSR count). The lowest BCUT2D eigenvalue weighted by molar-refractivity contribution is -0.137. The first-order valence-corrected chi connectivity index (χ1v) is 7.18. The van der Waals surface area contributed by atoms with Crippen molar-refractivity contribution >= 4 is 10.8 Å². The Morgan fingerprint density at radius 3 is 1.95 bits per heavy atom. The van der Waals surface area contributed by atoms with Crippen LogP contribution in [0.25, 0.3) is 21.9 Å². The molecule has 0 radical (unpaired) electrons. The summed E-state index contributed by atoms with van der Waals surface area (Å²) in [5.74, 6) is 0. The molecule has 0 aromatic heterocycles. The van der Waals surface area contributed by atoms with E-state index < -0.39 is 11.7 Å². The zero-order valence-electron chi connectivity index (χ0n) is 12.1. The third kappa shape index (κ3) is 2.71. The predicted octanol–water partition coefficient (Wildman–Crippen LogP) is 6.09. The minimum atomic E-state index is -4.30. The molecule has 0 spiro atoms. The van der Waals surface area contributed by atoms with Gasteiger partial charge in [-0.05, 0) is 52.1 Å². The lowest BCUT2D eigenvalue weighted by Gasteiger charge is -2.12. The standard InChI is InChI=1S/C19H15F3/c1-2-13-11-15-5-3-4-6-16(15)12-18(13)14-7-9-17(10-8-14)19(20,21)22/h3-12H,2H2,1H3. The number of fused-ring (bicyclic) bond motifs is 1. The molecule has 0 heterocycles. The van der Waals surface area contributed by atoms with Crippen LogP contribution in [0.3, 0.4) is 0 Å². The Balaban J connectivity index is 2.12. The molecule has 0 bridgehead atoms. The summed E-state index contributed by atoms with van der Waals surface area (Å²) in [7, 11) is 0. The number of rotatable bonds is 2. The molecule has 0 aliphatic carbocycles. The Kier molecular flexibility index (Phi) is 3.65. The molecule has 0 amide bonds. The highest BCUT2D eigenvalue weighted by Gasteiger charge is 2.30. The van der Waals surface area contributed by atoms with Crippen molar-refractivity contribution in [2.75, 3.05) is 0 Å². The smallest absolute Gasteiger partial charge is 0.166 e. The highest BCUT2D eigenvalue weighted by molar-refractivity contribution is 5.89. The summed E-state index contributed by atoms with van der Waals surface area (Å²) in [5.41, 5.74) is 2.33. The number of hydrogen-bond acceptors (Lipinski definition) is 0. The molecule has 112 valence electrons. The van der Waals surface area contributed by atoms with Gasteiger partial charge in [0.05, 0.1) is 5.56 Å². The first kappa shape index (κ1) is 14.6. The minimum absolute atomic E-state index is 0.616. The lowest BCUT2D eigenvalue weighted by atomic mass is 9.94. The van der Waals surface area contributed by atoms with Crippen molar-refractivity contribution in [1.82, 2.24) is 0 Å². The predicted molar refractivity (Wildman–Crippen MR) is 83.8 cm³/mol. The molecule has 22 heavy (non-hydrogen) atoms. The number of halogens is 3. The van der Waals surface area contributed by atoms with Crippen LogP contribution in [0.1, 0.15) is 18.1 Å². The monoisotopic (exact) mass is 300 g/mol. The van der Waals surface area contributed by atoms with E-state index in [1.54, 1.807) is 12.1 Å². The largest absolute Gasteiger partial charge is 0.416 e. The van der Waals surface area contributed by atoms with Gasteiger partial charge in [-0.1, -0.05) is 49.4 Å². The maximum Gasteiger partial charge on any atom is 0.416 e. The highest BCUT2D eigenvalue weighted by atomic mass is 19.4. The highest BCUT2D eigenvalue weighted by Crippen LogP contribution is 2.33. The van der Waals surface area contributed by atoms with Gasteiger partial charge in [0.15, 0.2) is 0 Å². The molecular weight excluding hydrogens is 285 g/mol. The molecule has 0 aliphatic rings. The van der Waals surface area contributed by atoms with Crippen molar-refractivity contribution in [3.05, 3.63) is 71.8 Å². The van der Waals surface area contributed by atoms with E-state index in [2.05, 4.69) is 19.1 Å². The van der Waals surface area contributed by atoms with Crippen LogP contribution in [0.4, 0.5) is 13.2 Å². The summed E-state index contributed by atoms with van der Waals surface area (Å²) in [4.78, 5) is 0. The van der Waals surface area contributed by atoms with Crippen molar-refractivity contribution in [3.8, 4) is 11.1 Å². The topological polar surface area (TPSA) is 0 Å². The van der Waals surface area contributed by atoms with Crippen LogP contribution in [0, 0.1) is 0 Å². The SMILES string of the molecule is CCc1cc2ccccc2cc1-c1ccc(C(F)(F)F)cc1. The molecule has 3 aromatic rings. The van der Waals surface area contributed by atoms with Crippen molar-refractivity contribution in [2.24, 2.45) is 0 Å². The van der Waals surface area contributed by atoms with E-state index in [0.717, 1.165) is 46.0 Å². The quantitative estimate of drug-likeness (QED) is 0.537. The molecule has 0 N–H and O–H groups in total. The number of aryl methyl sites for hydroxylation is 1. The Morgan fingerprint density at radius 2 is 1.41 bits per heavy atom. The molecule has 0 saturated heterocycles. The number of benzene rings is 3. The normalized spacial score (nSPS) is 11.8. The first-order chi connectivity index (χ1) is 10.5. The van der Waals surface area contributed by atoms with Gasteiger partial charge in [0.1, 0.15) is 0 Å². The number of hydrogen-bond donors (Lipinski definition) is 0. The maximum absolute atomic E-state index is 12.7. The van der Waals surface area contributed by atoms with Gasteiger partial charge in [0, 0.05) is 0 Å². The van der Waals surface area contributed by atoms with Gasteiger partial charge < -0.3 is 0 Å². The second kappa shape index (κ2) is 5.48. The van der Waals surface area contributed by atoms with Crippen molar-refractivity contribution in [2.45, 2.75) is 19.5 Å². The van der Waals surface area contributed by atoms with E-state index in [4.69, 9.17) is 0 Å². The van der Waals surface area contributed by atoms with E-state index >= 15 is 0 Å². The minimum Gasteiger partial charge on any atom is -0.166 e. The van der Waals surface area contributed by atoms with E-state index in [1.807, 2.05) is 24.3 Å². The Labute approximate surface area is 127 Å². The molecular formula is C19H15F3. The van der Waals surface area contributed by atoms with Crippen LogP contribution < -0.4 is 0 Å². The molecule has 0 unspecified atom stereocenters. The van der Waals surface area contributed by atoms with Gasteiger partial charge in [-0.2, -0.15) is 13.2 Å². The molecule has 3 aromatic carbocycles. The van der Waals surface area contributed by atoms with Gasteiger partial charge >= 0.3 is 6.18 Å². The molecule has 0 saturated carbocycles. The Morgan fingerprint density at radius 1 is 0.818 bits per heavy atom. The lowest BCUT2D eigenvalue weighted by Crippen LogP contribution is -2.04. The zero-order chi connectivity index (χ0) is 15.7. The molecule has 0 atom stereocenters. The van der Waals surface area contributed by atoms with Crippen molar-refractivity contribution < 1.29 is 13.2 Å². The van der Waals surface area contributed by atoms with Crippen molar-refractivity contribution in [1.29, 1.82) is 0 Å². The molecule has 0 nitrogen and oxygen atoms in total. The second-order valence-electron chi connectivity index (χ2n) is 5.29. The van der Waals surface area contributed by atoms with Gasteiger partial charge in [-0.3, -0.25) is 0 Å². The van der Waals surface area contributed by atoms with Crippen LogP contribution in [0.5, 0.6) is 0 Å². The maximum atomic E-state index is 12.7. The molecule has 0 fully saturated rings. The third-order valence-electron chi connectivity index (χ3n) is 3.88. The summed E-state index contributed by atoms with van der Waals surface area (Å²) < 4.78 is 38.0. The number of alkyl halides is 3. The first-order valence-electron chi connectivity index (χ1n) is 7.18. The van der Waals surface area contributed by atoms with E-state index in [0.29, 0.717) is 0 Å². The summed E-state index contributed by atoms with van der Waals surface area (Å²) >= 11 is 0. The van der Waals surface area contributed by atoms with Gasteiger partial charge in [-0.25, -0.2) is 0 Å². The van der Waals surface area contributed by atoms with Gasteiger partial charge in [0.25, 0.3) is 0 Å². The summed E-state index contributed by atoms with van der Waals surface area (Å²) in [6.07, 6.45) is -3.46. The van der Waals surface area contributed by atoms with Crippen LogP contribution in [-0.4, -0.2) is 0 Å². The third-order valence-corrected chi connectivity index (χ3v) is 3.88. The van der Waals surface area contributed by atoms with Crippen molar-refractivity contribution in [3.63, 3.8) is 0 Å². The average Bonchev–Trinajstić information content (AvgIpc) is 2.53. The fraction of sp³-hybridized carbons (Fsp3) is 0.158. The van der Waals surface area contributed by atoms with E-state index in [1.165, 1.54) is 0 Å². The van der Waals surface area contributed by atoms with Gasteiger partial charge in [0.2, 0.25) is 0 Å². The van der Waals surface area contributed by atoms with E-state index in [9.17, 15) is 13.2 Å². The molecule has 3 heteroatoms. The average molecular weight is 300 g/mol. The Hall–Kier alpha value is -2.29. The summed E-state index contributed by atoms with van der Waals surface area (Å²) in [6.45, 7) is 2.05. The van der Waals surface area contributed by atoms with Crippen LogP contribution >= 0.6 is 0 Å². The van der Waals surface area contributed by atoms with E-state index in [-0.39, 0.29) is 0 Å². The van der Waals surface area contributed by atoms with Crippen LogP contribution in [0.15, 0.2) is 60.7 Å². The summed E-state index contributed by atoms with van der Waals surface area (Å²) in [6, 6.07) is 17.6. The second-order valence-corrected chi connectivity index (χ2v) is 5.29. The van der Waals surface area contributed by atoms with Crippen LogP contribution in [0.2, 0.25) is 0 Å². The van der Waals surface area contributed by atoms with Crippen LogP contribution in [-0.2, 0) is 12.6 Å². The summed E-state index contributed by atoms with van der Waals surface area (Å²) in [5, 5.41) is 2.24. The van der Waals surface area contributed by atoms with Gasteiger partial charge in [-0.15, -0.1) is 0 Å². The zero-order valence-corrected chi connectivity index (χ0v) is 12.1. The fourth-order valence-electron chi connectivity index (χ4n) is 2.69. The Bertz CT molecular complexity index is 799.